The molecule has 6 heterocycles. The topological polar surface area (TPSA) is 19.4 Å². The average molecular weight is 571 g/mol. The highest BCUT2D eigenvalue weighted by atomic mass is 127. The Balaban J connectivity index is 0.921. The van der Waals surface area contributed by atoms with Crippen molar-refractivity contribution in [3.63, 3.8) is 0 Å². The van der Waals surface area contributed by atoms with Gasteiger partial charge in [0.2, 0.25) is 0 Å². The van der Waals surface area contributed by atoms with Crippen molar-refractivity contribution in [3.05, 3.63) is 0 Å². The van der Waals surface area contributed by atoms with Gasteiger partial charge in [-0.2, -0.15) is 0 Å². The second-order valence-electron chi connectivity index (χ2n) is 13.4. The Morgan fingerprint density at radius 3 is 1.94 bits per heavy atom. The van der Waals surface area contributed by atoms with E-state index in [-0.39, 0.29) is 0 Å². The van der Waals surface area contributed by atoms with E-state index >= 15 is 0 Å². The van der Waals surface area contributed by atoms with E-state index in [1.165, 1.54) is 117 Å². The van der Waals surface area contributed by atoms with Gasteiger partial charge in [0.15, 0.2) is 0 Å². The van der Waals surface area contributed by atoms with Gasteiger partial charge in [0.25, 0.3) is 0 Å². The van der Waals surface area contributed by atoms with E-state index < -0.39 is 0 Å². The van der Waals surface area contributed by atoms with Crippen LogP contribution >= 0.6 is 22.9 Å². The van der Waals surface area contributed by atoms with Crippen LogP contribution in [0.5, 0.6) is 0 Å². The third-order valence-electron chi connectivity index (χ3n) is 10.8. The maximum atomic E-state index is 2.77. The molecule has 0 N–H and O–H groups in total. The van der Waals surface area contributed by atoms with Crippen molar-refractivity contribution in [2.45, 2.75) is 62.6 Å². The van der Waals surface area contributed by atoms with Gasteiger partial charge in [-0.3, -0.25) is 0 Å². The molecule has 6 aliphatic rings. The van der Waals surface area contributed by atoms with E-state index in [1.807, 2.05) is 0 Å². The highest BCUT2D eigenvalue weighted by Gasteiger charge is 2.57. The summed E-state index contributed by atoms with van der Waals surface area (Å²) in [5.74, 6) is 0. The summed E-state index contributed by atoms with van der Waals surface area (Å²) in [5, 5.41) is 0. The Kier molecular flexibility index (Phi) is 6.37. The lowest BCUT2D eigenvalue weighted by Gasteiger charge is -2.64. The predicted molar refractivity (Wildman–Crippen MR) is 144 cm³/mol. The molecule has 0 aromatic rings. The largest absolute Gasteiger partial charge is 0.306 e. The summed E-state index contributed by atoms with van der Waals surface area (Å²) in [4.78, 5) is 13.3. The molecule has 6 nitrogen and oxygen atoms in total. The number of hydrogen-bond donors (Lipinski definition) is 0. The molecule has 0 amide bonds. The van der Waals surface area contributed by atoms with Crippen LogP contribution in [0.25, 0.3) is 0 Å². The lowest BCUT2D eigenvalue weighted by atomic mass is 9.67. The SMILES string of the molecule is CN1CCC2(CC1)CC(C1CCC3(CN(CCN4CCC5(CC4)CN(C)C5)C3)CN1C)N2I. The molecule has 0 bridgehead atoms. The zero-order valence-electron chi connectivity index (χ0n) is 21.4. The summed E-state index contributed by atoms with van der Waals surface area (Å²) in [6.45, 7) is 14.5. The first-order valence-electron chi connectivity index (χ1n) is 13.8. The van der Waals surface area contributed by atoms with Crippen molar-refractivity contribution in [1.29, 1.82) is 0 Å². The third-order valence-corrected chi connectivity index (χ3v) is 12.5. The Hall–Kier alpha value is 0.490. The predicted octanol–water partition coefficient (Wildman–Crippen LogP) is 2.30. The molecule has 6 fully saturated rings. The standard InChI is InChI=1S/C26H47IN6/c1-28-10-8-26(9-11-28)16-23(33(26)27)22-4-5-25(19-30(22)3)20-32(21-25)15-14-31-12-6-24(7-13-31)17-29(2)18-24/h22-23H,4-21H2,1-3H3. The number of likely N-dealkylation sites (tertiary alicyclic amines) is 5. The van der Waals surface area contributed by atoms with Crippen molar-refractivity contribution < 1.29 is 0 Å². The fourth-order valence-corrected chi connectivity index (χ4v) is 9.94. The van der Waals surface area contributed by atoms with Crippen molar-refractivity contribution in [2.75, 3.05) is 93.1 Å². The van der Waals surface area contributed by atoms with E-state index in [2.05, 4.69) is 71.6 Å². The van der Waals surface area contributed by atoms with Crippen LogP contribution in [-0.4, -0.2) is 138 Å². The molecule has 0 radical (unpaired) electrons. The first kappa shape index (κ1) is 23.9. The van der Waals surface area contributed by atoms with Crippen LogP contribution in [-0.2, 0) is 0 Å². The van der Waals surface area contributed by atoms with Crippen molar-refractivity contribution in [3.8, 4) is 0 Å². The second kappa shape index (κ2) is 8.80. The minimum Gasteiger partial charge on any atom is -0.306 e. The van der Waals surface area contributed by atoms with Crippen LogP contribution in [0.4, 0.5) is 0 Å². The molecule has 188 valence electrons. The summed E-state index contributed by atoms with van der Waals surface area (Å²) in [5.41, 5.74) is 1.80. The number of likely N-dealkylation sites (N-methyl/N-ethyl adjacent to an activating group) is 1. The van der Waals surface area contributed by atoms with Crippen LogP contribution in [0.15, 0.2) is 0 Å². The minimum atomic E-state index is 0.517. The van der Waals surface area contributed by atoms with Crippen molar-refractivity contribution in [2.24, 2.45) is 10.8 Å². The second-order valence-corrected chi connectivity index (χ2v) is 14.4. The fourth-order valence-electron chi connectivity index (χ4n) is 8.69. The van der Waals surface area contributed by atoms with Gasteiger partial charge in [0.1, 0.15) is 0 Å². The molecule has 6 aliphatic heterocycles. The number of nitrogens with zero attached hydrogens (tertiary/aromatic N) is 6. The molecular formula is C26H47IN6. The fraction of sp³-hybridized carbons (Fsp3) is 1.00. The normalized spacial score (nSPS) is 37.8. The van der Waals surface area contributed by atoms with Crippen LogP contribution < -0.4 is 0 Å². The van der Waals surface area contributed by atoms with Gasteiger partial charge in [0, 0.05) is 91.7 Å². The van der Waals surface area contributed by atoms with E-state index in [0.717, 1.165) is 12.1 Å². The van der Waals surface area contributed by atoms with Gasteiger partial charge in [-0.25, -0.2) is 3.11 Å². The number of piperidine rings is 3. The summed E-state index contributed by atoms with van der Waals surface area (Å²) in [6.07, 6.45) is 9.90. The van der Waals surface area contributed by atoms with Gasteiger partial charge in [-0.05, 0) is 97.7 Å². The highest BCUT2D eigenvalue weighted by molar-refractivity contribution is 14.1. The first-order valence-corrected chi connectivity index (χ1v) is 14.7. The number of rotatable bonds is 4. The van der Waals surface area contributed by atoms with Crippen LogP contribution in [0.2, 0.25) is 0 Å². The maximum absolute atomic E-state index is 2.77. The summed E-state index contributed by atoms with van der Waals surface area (Å²) >= 11 is 2.70. The quantitative estimate of drug-likeness (QED) is 0.379. The van der Waals surface area contributed by atoms with E-state index in [4.69, 9.17) is 0 Å². The zero-order valence-corrected chi connectivity index (χ0v) is 23.6. The maximum Gasteiger partial charge on any atom is 0.0373 e. The molecule has 0 saturated carbocycles. The smallest absolute Gasteiger partial charge is 0.0373 e. The van der Waals surface area contributed by atoms with Gasteiger partial charge < -0.3 is 24.5 Å². The zero-order chi connectivity index (χ0) is 22.8. The highest BCUT2D eigenvalue weighted by Crippen LogP contribution is 2.51. The summed E-state index contributed by atoms with van der Waals surface area (Å²) in [7, 11) is 6.99. The molecule has 0 aliphatic carbocycles. The van der Waals surface area contributed by atoms with Crippen molar-refractivity contribution in [1.82, 2.24) is 27.6 Å². The van der Waals surface area contributed by atoms with E-state index in [1.54, 1.807) is 0 Å². The summed E-state index contributed by atoms with van der Waals surface area (Å²) in [6, 6.07) is 1.56. The number of halogens is 1. The Bertz CT molecular complexity index is 702. The molecule has 6 saturated heterocycles. The molecule has 2 atom stereocenters. The lowest BCUT2D eigenvalue weighted by Crippen LogP contribution is -2.72. The van der Waals surface area contributed by atoms with Gasteiger partial charge in [-0.15, -0.1) is 0 Å². The molecule has 6 rings (SSSR count). The molecule has 0 aromatic carbocycles. The van der Waals surface area contributed by atoms with Gasteiger partial charge >= 0.3 is 0 Å². The minimum absolute atomic E-state index is 0.517. The van der Waals surface area contributed by atoms with Crippen LogP contribution in [0.3, 0.4) is 0 Å². The third kappa shape index (κ3) is 4.33. The van der Waals surface area contributed by atoms with Crippen molar-refractivity contribution >= 4 is 22.9 Å². The van der Waals surface area contributed by atoms with Gasteiger partial charge in [0.05, 0.1) is 0 Å². The monoisotopic (exact) mass is 570 g/mol. The molecule has 2 unspecified atom stereocenters. The Labute approximate surface area is 216 Å². The first-order chi connectivity index (χ1) is 15.8. The van der Waals surface area contributed by atoms with Crippen LogP contribution in [0, 0.1) is 10.8 Å². The molecular weight excluding hydrogens is 523 g/mol. The molecule has 7 heteroatoms. The van der Waals surface area contributed by atoms with E-state index in [0.29, 0.717) is 16.4 Å². The molecule has 0 aromatic heterocycles. The van der Waals surface area contributed by atoms with Gasteiger partial charge in [-0.1, -0.05) is 0 Å². The Morgan fingerprint density at radius 2 is 1.33 bits per heavy atom. The Morgan fingerprint density at radius 1 is 0.667 bits per heavy atom. The summed E-state index contributed by atoms with van der Waals surface area (Å²) < 4.78 is 2.77. The van der Waals surface area contributed by atoms with E-state index in [9.17, 15) is 0 Å². The lowest BCUT2D eigenvalue weighted by molar-refractivity contribution is -0.106. The molecule has 33 heavy (non-hydrogen) atoms. The van der Waals surface area contributed by atoms with Crippen LogP contribution in [0.1, 0.15) is 44.9 Å². The average Bonchev–Trinajstić information content (AvgIpc) is 2.76. The number of hydrogen-bond acceptors (Lipinski definition) is 6. The molecule has 3 spiro atoms.